The van der Waals surface area contributed by atoms with Crippen LogP contribution in [0.3, 0.4) is 0 Å². The number of alkyl halides is 3. The minimum atomic E-state index is -4.79. The van der Waals surface area contributed by atoms with E-state index in [1.54, 1.807) is 12.3 Å². The highest BCUT2D eigenvalue weighted by atomic mass is 19.4. The van der Waals surface area contributed by atoms with Crippen molar-refractivity contribution >= 4 is 35.0 Å². The minimum absolute atomic E-state index is 0.153. The molecule has 5 N–H and O–H groups in total. The van der Waals surface area contributed by atoms with Crippen LogP contribution in [-0.2, 0) is 27.0 Å². The first-order valence-electron chi connectivity index (χ1n) is 14.8. The first-order valence-corrected chi connectivity index (χ1v) is 14.8. The summed E-state index contributed by atoms with van der Waals surface area (Å²) in [7, 11) is 5.09. The lowest BCUT2D eigenvalue weighted by Crippen LogP contribution is -2.39. The molecule has 4 amide bonds. The number of nitrogens with zero attached hydrogens (tertiary/aromatic N) is 6. The molecule has 0 bridgehead atoms. The average molecular weight is 662 g/mol. The number of morpholine rings is 1. The number of rotatable bonds is 13. The van der Waals surface area contributed by atoms with E-state index >= 15 is 0 Å². The smallest absolute Gasteiger partial charge is 0.378 e. The van der Waals surface area contributed by atoms with Gasteiger partial charge in [-0.25, -0.2) is 19.3 Å². The van der Waals surface area contributed by atoms with Gasteiger partial charge in [0.05, 0.1) is 30.9 Å². The standard InChI is InChI=1S/C29H38F3N11O4/c1-33-28(46)38-23-14-21(29(30,31)32)20(16-36-23)26-39-27(42-9-11-47-12-10-42)22-13-19(18-43(22)40-26)15-34-6-7-35-25(45)17-37-24(44)5-4-8-41(2)3/h4-5,13-14,16,18,34H,6-12,15,17H2,1-3H3,(H,35,45)(H,37,44)(H2,33,36,38,46)/b5-4+. The molecule has 0 radical (unpaired) electrons. The number of aromatic nitrogens is 4. The highest BCUT2D eigenvalue weighted by molar-refractivity contribution is 5.91. The fourth-order valence-electron chi connectivity index (χ4n) is 4.55. The van der Waals surface area contributed by atoms with Gasteiger partial charge in [0.15, 0.2) is 11.6 Å². The summed E-state index contributed by atoms with van der Waals surface area (Å²) in [5.74, 6) is -0.721. The quantitative estimate of drug-likeness (QED) is 0.131. The molecule has 0 spiro atoms. The van der Waals surface area contributed by atoms with E-state index in [9.17, 15) is 27.6 Å². The molecule has 1 fully saturated rings. The number of carbonyl (C=O) groups excluding carboxylic acids is 3. The summed E-state index contributed by atoms with van der Waals surface area (Å²) in [5, 5.41) is 17.4. The molecule has 0 saturated carbocycles. The highest BCUT2D eigenvalue weighted by Crippen LogP contribution is 2.37. The van der Waals surface area contributed by atoms with E-state index in [0.717, 1.165) is 17.8 Å². The number of hydrogen-bond donors (Lipinski definition) is 5. The Morgan fingerprint density at radius 3 is 2.57 bits per heavy atom. The molecule has 1 aliphatic heterocycles. The Kier molecular flexibility index (Phi) is 12.0. The third kappa shape index (κ3) is 10.1. The summed E-state index contributed by atoms with van der Waals surface area (Å²) in [6, 6.07) is 1.88. The Bertz CT molecular complexity index is 1590. The Labute approximate surface area is 268 Å². The van der Waals surface area contributed by atoms with E-state index in [2.05, 4.69) is 41.7 Å². The lowest BCUT2D eigenvalue weighted by atomic mass is 10.1. The number of pyridine rings is 1. The lowest BCUT2D eigenvalue weighted by molar-refractivity contribution is -0.137. The van der Waals surface area contributed by atoms with Crippen LogP contribution in [0, 0.1) is 0 Å². The molecule has 3 aromatic rings. The number of anilines is 2. The maximum absolute atomic E-state index is 14.2. The third-order valence-corrected chi connectivity index (χ3v) is 6.85. The molecule has 0 aliphatic carbocycles. The van der Waals surface area contributed by atoms with Crippen molar-refractivity contribution in [2.24, 2.45) is 0 Å². The fourth-order valence-corrected chi connectivity index (χ4v) is 4.55. The molecule has 0 aromatic carbocycles. The van der Waals surface area contributed by atoms with Crippen LogP contribution in [0.2, 0.25) is 0 Å². The van der Waals surface area contributed by atoms with Gasteiger partial charge >= 0.3 is 12.2 Å². The number of fused-ring (bicyclic) bond motifs is 1. The van der Waals surface area contributed by atoms with E-state index in [1.165, 1.54) is 17.6 Å². The van der Waals surface area contributed by atoms with E-state index in [4.69, 9.17) is 4.74 Å². The second-order valence-electron chi connectivity index (χ2n) is 10.8. The normalized spacial score (nSPS) is 13.7. The molecule has 15 nitrogen and oxygen atoms in total. The van der Waals surface area contributed by atoms with Gasteiger partial charge in [0, 0.05) is 64.8 Å². The summed E-state index contributed by atoms with van der Waals surface area (Å²) in [5.41, 5.74) is -0.0206. The lowest BCUT2D eigenvalue weighted by Gasteiger charge is -2.28. The largest absolute Gasteiger partial charge is 0.417 e. The molecule has 4 rings (SSSR count). The van der Waals surface area contributed by atoms with E-state index in [0.29, 0.717) is 63.8 Å². The highest BCUT2D eigenvalue weighted by Gasteiger charge is 2.36. The number of ether oxygens (including phenoxy) is 1. The monoisotopic (exact) mass is 661 g/mol. The van der Waals surface area contributed by atoms with Crippen molar-refractivity contribution in [3.63, 3.8) is 0 Å². The van der Waals surface area contributed by atoms with Crippen molar-refractivity contribution in [3.05, 3.63) is 47.8 Å². The molecule has 1 saturated heterocycles. The number of hydrogen-bond acceptors (Lipinski definition) is 10. The third-order valence-electron chi connectivity index (χ3n) is 6.85. The molecule has 4 heterocycles. The summed E-state index contributed by atoms with van der Waals surface area (Å²) >= 11 is 0. The summed E-state index contributed by atoms with van der Waals surface area (Å²) in [4.78, 5) is 47.9. The Balaban J connectivity index is 1.46. The first kappa shape index (κ1) is 35.1. The first-order chi connectivity index (χ1) is 22.4. The van der Waals surface area contributed by atoms with Gasteiger partial charge in [0.25, 0.3) is 0 Å². The molecule has 0 atom stereocenters. The molecule has 254 valence electrons. The van der Waals surface area contributed by atoms with E-state index in [-0.39, 0.29) is 35.6 Å². The topological polar surface area (TPSA) is 170 Å². The minimum Gasteiger partial charge on any atom is -0.378 e. The molecule has 18 heteroatoms. The van der Waals surface area contributed by atoms with Gasteiger partial charge < -0.3 is 35.8 Å². The summed E-state index contributed by atoms with van der Waals surface area (Å²) < 4.78 is 49.6. The van der Waals surface area contributed by atoms with Crippen LogP contribution in [0.5, 0.6) is 0 Å². The number of nitrogens with one attached hydrogen (secondary N) is 5. The SMILES string of the molecule is CNC(=O)Nc1cc(C(F)(F)F)c(-c2nc(N3CCOCC3)c3cc(CNCCNC(=O)CNC(=O)/C=C/CN(C)C)cn3n2)cn1. The van der Waals surface area contributed by atoms with Gasteiger partial charge in [-0.1, -0.05) is 6.08 Å². The van der Waals surface area contributed by atoms with Gasteiger partial charge in [-0.15, -0.1) is 5.10 Å². The van der Waals surface area contributed by atoms with Crippen LogP contribution in [0.4, 0.5) is 29.6 Å². The Morgan fingerprint density at radius 2 is 1.87 bits per heavy atom. The summed E-state index contributed by atoms with van der Waals surface area (Å²) in [6.07, 6.45) is 0.971. The molecule has 3 aromatic heterocycles. The predicted molar refractivity (Wildman–Crippen MR) is 168 cm³/mol. The van der Waals surface area contributed by atoms with Crippen molar-refractivity contribution in [1.29, 1.82) is 0 Å². The van der Waals surface area contributed by atoms with Gasteiger partial charge in [-0.2, -0.15) is 13.2 Å². The van der Waals surface area contributed by atoms with Crippen LogP contribution in [0.15, 0.2) is 36.7 Å². The second-order valence-corrected chi connectivity index (χ2v) is 10.8. The van der Waals surface area contributed by atoms with Crippen molar-refractivity contribution < 1.29 is 32.3 Å². The van der Waals surface area contributed by atoms with Crippen molar-refractivity contribution in [3.8, 4) is 11.4 Å². The number of carbonyl (C=O) groups is 3. The molecule has 0 unspecified atom stereocenters. The maximum Gasteiger partial charge on any atom is 0.417 e. The number of urea groups is 1. The number of amides is 4. The van der Waals surface area contributed by atoms with Gasteiger partial charge in [-0.3, -0.25) is 14.9 Å². The van der Waals surface area contributed by atoms with Crippen molar-refractivity contribution in [1.82, 2.24) is 45.7 Å². The van der Waals surface area contributed by atoms with Gasteiger partial charge in [-0.05, 0) is 31.8 Å². The fraction of sp³-hybridized carbons (Fsp3) is 0.448. The number of halogens is 3. The molecular formula is C29H38F3N11O4. The zero-order valence-electron chi connectivity index (χ0n) is 26.3. The van der Waals surface area contributed by atoms with Crippen LogP contribution in [0.25, 0.3) is 16.9 Å². The molecule has 1 aliphatic rings. The summed E-state index contributed by atoms with van der Waals surface area (Å²) in [6.45, 7) is 3.37. The van der Waals surface area contributed by atoms with E-state index in [1.807, 2.05) is 30.0 Å². The van der Waals surface area contributed by atoms with Crippen LogP contribution in [-0.4, -0.2) is 116 Å². The van der Waals surface area contributed by atoms with Crippen molar-refractivity contribution in [2.75, 3.05) is 83.8 Å². The van der Waals surface area contributed by atoms with Crippen LogP contribution < -0.4 is 31.5 Å². The Hall–Kier alpha value is -4.81. The van der Waals surface area contributed by atoms with Crippen LogP contribution >= 0.6 is 0 Å². The van der Waals surface area contributed by atoms with E-state index < -0.39 is 17.8 Å². The van der Waals surface area contributed by atoms with Gasteiger partial charge in [0.2, 0.25) is 11.8 Å². The molecular weight excluding hydrogens is 623 g/mol. The number of likely N-dealkylation sites (N-methyl/N-ethyl adjacent to an activating group) is 1. The van der Waals surface area contributed by atoms with Gasteiger partial charge in [0.1, 0.15) is 11.3 Å². The zero-order chi connectivity index (χ0) is 34.0. The zero-order valence-corrected chi connectivity index (χ0v) is 26.3. The van der Waals surface area contributed by atoms with Crippen LogP contribution in [0.1, 0.15) is 11.1 Å². The van der Waals surface area contributed by atoms with Crippen molar-refractivity contribution in [2.45, 2.75) is 12.7 Å². The predicted octanol–water partition coefficient (Wildman–Crippen LogP) is 0.838. The maximum atomic E-state index is 14.2. The average Bonchev–Trinajstić information content (AvgIpc) is 3.45. The molecule has 47 heavy (non-hydrogen) atoms. The second kappa shape index (κ2) is 16.1. The Morgan fingerprint density at radius 1 is 1.11 bits per heavy atom.